The molecule has 3 nitrogen and oxygen atoms in total. The average Bonchev–Trinajstić information content (AvgIpc) is 2.95. The minimum Gasteiger partial charge on any atom is -0.357 e. The molecule has 0 amide bonds. The van der Waals surface area contributed by atoms with E-state index in [-0.39, 0.29) is 12.1 Å². The number of aryl methyl sites for hydroxylation is 4. The van der Waals surface area contributed by atoms with E-state index in [0.717, 1.165) is 47.6 Å². The number of allylic oxidation sites excluding steroid dienone is 2. The highest BCUT2D eigenvalue weighted by molar-refractivity contribution is 7.94. The minimum absolute atomic E-state index is 0.180. The van der Waals surface area contributed by atoms with Crippen LogP contribution in [-0.4, -0.2) is 9.55 Å². The van der Waals surface area contributed by atoms with Crippen molar-refractivity contribution in [1.29, 1.82) is 0 Å². The van der Waals surface area contributed by atoms with Gasteiger partial charge in [-0.2, -0.15) is 3.89 Å². The monoisotopic (exact) mass is 387 g/mol. The van der Waals surface area contributed by atoms with Crippen molar-refractivity contribution >= 4 is 23.4 Å². The van der Waals surface area contributed by atoms with Crippen LogP contribution in [0, 0.1) is 20.8 Å². The third kappa shape index (κ3) is 4.83. The van der Waals surface area contributed by atoms with Crippen LogP contribution in [-0.2, 0) is 13.0 Å². The first-order chi connectivity index (χ1) is 12.8. The predicted molar refractivity (Wildman–Crippen MR) is 116 cm³/mol. The molecule has 1 N–H and O–H groups in total. The Labute approximate surface area is 167 Å². The summed E-state index contributed by atoms with van der Waals surface area (Å²) in [7, 11) is 0. The highest BCUT2D eigenvalue weighted by Crippen LogP contribution is 2.31. The average molecular weight is 388 g/mol. The normalized spacial score (nSPS) is 10.9. The smallest absolute Gasteiger partial charge is 0.202 e. The van der Waals surface area contributed by atoms with Gasteiger partial charge in [0, 0.05) is 11.4 Å². The summed E-state index contributed by atoms with van der Waals surface area (Å²) in [6.45, 7) is 19.3. The van der Waals surface area contributed by atoms with Crippen LogP contribution in [0.3, 0.4) is 0 Å². The van der Waals surface area contributed by atoms with Crippen LogP contribution in [0.1, 0.15) is 54.8 Å². The summed E-state index contributed by atoms with van der Waals surface area (Å²) in [4.78, 5) is 4.48. The second kappa shape index (κ2) is 9.27. The van der Waals surface area contributed by atoms with Gasteiger partial charge in [-0.15, -0.1) is 0 Å². The first-order valence-corrected chi connectivity index (χ1v) is 10.1. The Kier molecular flexibility index (Phi) is 7.31. The maximum absolute atomic E-state index is 13.6. The van der Waals surface area contributed by atoms with Gasteiger partial charge in [0.1, 0.15) is 12.1 Å². The summed E-state index contributed by atoms with van der Waals surface area (Å²) in [6.07, 6.45) is 2.60. The van der Waals surface area contributed by atoms with Crippen LogP contribution in [0.4, 0.5) is 9.57 Å². The van der Waals surface area contributed by atoms with Crippen molar-refractivity contribution in [1.82, 2.24) is 9.55 Å². The van der Waals surface area contributed by atoms with E-state index in [9.17, 15) is 3.89 Å². The number of halogens is 1. The fourth-order valence-electron chi connectivity index (χ4n) is 3.53. The van der Waals surface area contributed by atoms with Crippen LogP contribution in [0.15, 0.2) is 36.1 Å². The fraction of sp³-hybridized carbons (Fsp3) is 0.409. The van der Waals surface area contributed by atoms with Crippen molar-refractivity contribution in [3.8, 4) is 0 Å². The molecule has 0 fully saturated rings. The molecule has 0 radical (unpaired) electrons. The molecule has 0 spiro atoms. The number of nitrogens with one attached hydrogen (secondary N) is 1. The lowest BCUT2D eigenvalue weighted by atomic mass is 10.0. The number of benzene rings is 1. The van der Waals surface area contributed by atoms with Gasteiger partial charge in [0.2, 0.25) is 5.16 Å². The van der Waals surface area contributed by atoms with Gasteiger partial charge in [0.15, 0.2) is 0 Å². The van der Waals surface area contributed by atoms with Crippen molar-refractivity contribution in [2.75, 3.05) is 5.32 Å². The molecule has 0 saturated heterocycles. The zero-order valence-corrected chi connectivity index (χ0v) is 17.9. The van der Waals surface area contributed by atoms with Gasteiger partial charge in [-0.3, -0.25) is 0 Å². The van der Waals surface area contributed by atoms with Crippen molar-refractivity contribution in [2.24, 2.45) is 0 Å². The molecule has 27 heavy (non-hydrogen) atoms. The molecule has 0 unspecified atom stereocenters. The standard InChI is InChI=1S/C22H30FN3S/c1-8-10-15(4)21-19(9-2)25-22(27-23)26(21)13-18(7)24-20-16(5)11-14(3)12-17(20)6/h11-12,24H,4,7-10,13H2,1-3,5-6H3. The molecule has 146 valence electrons. The maximum Gasteiger partial charge on any atom is 0.202 e. The number of hydrogen-bond acceptors (Lipinski definition) is 3. The minimum atomic E-state index is 0.180. The van der Waals surface area contributed by atoms with E-state index in [1.165, 1.54) is 16.7 Å². The Balaban J connectivity index is 2.34. The Morgan fingerprint density at radius 2 is 1.81 bits per heavy atom. The molecule has 0 aliphatic heterocycles. The van der Waals surface area contributed by atoms with Crippen LogP contribution < -0.4 is 5.32 Å². The van der Waals surface area contributed by atoms with Gasteiger partial charge in [-0.1, -0.05) is 51.1 Å². The van der Waals surface area contributed by atoms with E-state index in [2.05, 4.69) is 63.3 Å². The van der Waals surface area contributed by atoms with Gasteiger partial charge in [0.25, 0.3) is 0 Å². The fourth-order valence-corrected chi connectivity index (χ4v) is 3.92. The highest BCUT2D eigenvalue weighted by atomic mass is 32.2. The summed E-state index contributed by atoms with van der Waals surface area (Å²) >= 11 is 0.180. The topological polar surface area (TPSA) is 29.9 Å². The Bertz CT molecular complexity index is 828. The number of nitrogens with zero attached hydrogens (tertiary/aromatic N) is 2. The van der Waals surface area contributed by atoms with Gasteiger partial charge in [0.05, 0.1) is 17.9 Å². The van der Waals surface area contributed by atoms with Crippen LogP contribution in [0.2, 0.25) is 0 Å². The summed E-state index contributed by atoms with van der Waals surface area (Å²) in [5, 5.41) is 3.79. The molecule has 1 aromatic carbocycles. The Morgan fingerprint density at radius 1 is 1.19 bits per heavy atom. The van der Waals surface area contributed by atoms with E-state index < -0.39 is 0 Å². The molecule has 0 saturated carbocycles. The van der Waals surface area contributed by atoms with E-state index in [0.29, 0.717) is 11.7 Å². The second-order valence-electron chi connectivity index (χ2n) is 7.06. The van der Waals surface area contributed by atoms with E-state index in [4.69, 9.17) is 0 Å². The molecule has 0 bridgehead atoms. The van der Waals surface area contributed by atoms with Crippen molar-refractivity contribution in [3.63, 3.8) is 0 Å². The lowest BCUT2D eigenvalue weighted by Gasteiger charge is -2.18. The number of imidazole rings is 1. The summed E-state index contributed by atoms with van der Waals surface area (Å²) in [6, 6.07) is 4.29. The van der Waals surface area contributed by atoms with Gasteiger partial charge in [-0.25, -0.2) is 4.98 Å². The first kappa shape index (κ1) is 21.3. The van der Waals surface area contributed by atoms with Crippen molar-refractivity contribution in [3.05, 3.63) is 59.1 Å². The predicted octanol–water partition coefficient (Wildman–Crippen LogP) is 6.79. The lowest BCUT2D eigenvalue weighted by Crippen LogP contribution is -2.12. The number of hydrogen-bond donors (Lipinski definition) is 1. The van der Waals surface area contributed by atoms with Crippen LogP contribution in [0.5, 0.6) is 0 Å². The van der Waals surface area contributed by atoms with Crippen molar-refractivity contribution in [2.45, 2.75) is 65.6 Å². The molecule has 1 heterocycles. The molecule has 2 aromatic rings. The van der Waals surface area contributed by atoms with Crippen LogP contribution in [0.25, 0.3) is 5.57 Å². The molecule has 0 aliphatic carbocycles. The maximum atomic E-state index is 13.6. The zero-order chi connectivity index (χ0) is 20.1. The van der Waals surface area contributed by atoms with Crippen LogP contribution >= 0.6 is 12.1 Å². The summed E-state index contributed by atoms with van der Waals surface area (Å²) in [5.41, 5.74) is 8.27. The van der Waals surface area contributed by atoms with E-state index in [1.807, 2.05) is 11.5 Å². The van der Waals surface area contributed by atoms with Gasteiger partial charge >= 0.3 is 0 Å². The van der Waals surface area contributed by atoms with E-state index in [1.54, 1.807) is 0 Å². The largest absolute Gasteiger partial charge is 0.357 e. The number of aromatic nitrogens is 2. The molecule has 2 rings (SSSR count). The Hall–Kier alpha value is -2.01. The lowest BCUT2D eigenvalue weighted by molar-refractivity contribution is 0.682. The molecular weight excluding hydrogens is 357 g/mol. The van der Waals surface area contributed by atoms with E-state index >= 15 is 0 Å². The third-order valence-electron chi connectivity index (χ3n) is 4.62. The van der Waals surface area contributed by atoms with Crippen molar-refractivity contribution < 1.29 is 3.89 Å². The second-order valence-corrected chi connectivity index (χ2v) is 7.58. The third-order valence-corrected chi connectivity index (χ3v) is 5.07. The molecular formula is C22H30FN3S. The first-order valence-electron chi connectivity index (χ1n) is 9.41. The summed E-state index contributed by atoms with van der Waals surface area (Å²) < 4.78 is 15.5. The Morgan fingerprint density at radius 3 is 2.33 bits per heavy atom. The van der Waals surface area contributed by atoms with Gasteiger partial charge in [-0.05, 0) is 50.3 Å². The SMILES string of the molecule is C=C(Cn1c(SF)nc(CC)c1C(=C)CCC)Nc1c(C)cc(C)cc1C. The molecule has 5 heteroatoms. The quantitative estimate of drug-likeness (QED) is 0.514. The number of anilines is 1. The number of rotatable bonds is 9. The summed E-state index contributed by atoms with van der Waals surface area (Å²) in [5.74, 6) is 0. The molecule has 0 atom stereocenters. The van der Waals surface area contributed by atoms with Gasteiger partial charge < -0.3 is 9.88 Å². The molecule has 0 aliphatic rings. The zero-order valence-electron chi connectivity index (χ0n) is 17.1. The molecule has 1 aromatic heterocycles. The highest BCUT2D eigenvalue weighted by Gasteiger charge is 2.19.